The van der Waals surface area contributed by atoms with Crippen molar-refractivity contribution in [1.82, 2.24) is 15.8 Å². The van der Waals surface area contributed by atoms with Crippen LogP contribution in [0.3, 0.4) is 0 Å². The molecule has 0 saturated carbocycles. The number of amidine groups is 2. The van der Waals surface area contributed by atoms with Crippen molar-refractivity contribution < 1.29 is 4.52 Å². The van der Waals surface area contributed by atoms with Crippen LogP contribution in [0.25, 0.3) is 11.1 Å². The Morgan fingerprint density at radius 3 is 2.21 bits per heavy atom. The maximum absolute atomic E-state index is 5.70. The Morgan fingerprint density at radius 2 is 1.58 bits per heavy atom. The molecule has 0 saturated heterocycles. The summed E-state index contributed by atoms with van der Waals surface area (Å²) in [6.07, 6.45) is 2.07. The van der Waals surface area contributed by atoms with Crippen molar-refractivity contribution in [3.8, 4) is 11.1 Å². The first kappa shape index (κ1) is 15.4. The van der Waals surface area contributed by atoms with Gasteiger partial charge < -0.3 is 15.2 Å². The van der Waals surface area contributed by atoms with Gasteiger partial charge in [0.25, 0.3) is 0 Å². The summed E-state index contributed by atoms with van der Waals surface area (Å²) in [5.74, 6) is 2.25. The maximum Gasteiger partial charge on any atom is 0.209 e. The molecule has 0 aliphatic carbocycles. The van der Waals surface area contributed by atoms with E-state index >= 15 is 0 Å². The molecule has 1 aromatic carbocycles. The number of halogens is 1. The zero-order chi connectivity index (χ0) is 16.4. The number of aliphatic imine (C=N–C) groups is 2. The second kappa shape index (κ2) is 6.76. The molecule has 7 heteroatoms. The molecule has 0 amide bonds. The molecule has 2 aliphatic rings. The van der Waals surface area contributed by atoms with E-state index in [0.717, 1.165) is 72.0 Å². The van der Waals surface area contributed by atoms with E-state index in [1.54, 1.807) is 0 Å². The molecule has 6 nitrogen and oxygen atoms in total. The predicted octanol–water partition coefficient (Wildman–Crippen LogP) is 2.58. The van der Waals surface area contributed by atoms with Gasteiger partial charge in [0.2, 0.25) is 5.76 Å². The molecule has 2 aliphatic heterocycles. The molecular weight excluding hydrogens is 370 g/mol. The van der Waals surface area contributed by atoms with E-state index in [2.05, 4.69) is 53.8 Å². The monoisotopic (exact) mass is 387 g/mol. The van der Waals surface area contributed by atoms with Crippen molar-refractivity contribution in [3.05, 3.63) is 40.2 Å². The lowest BCUT2D eigenvalue weighted by Gasteiger charge is -2.15. The van der Waals surface area contributed by atoms with Crippen molar-refractivity contribution in [2.45, 2.75) is 12.8 Å². The Kier molecular flexibility index (Phi) is 4.34. The number of nitrogens with zero attached hydrogens (tertiary/aromatic N) is 3. The highest BCUT2D eigenvalue weighted by Gasteiger charge is 2.26. The Hall–Kier alpha value is -2.15. The molecule has 24 heavy (non-hydrogen) atoms. The van der Waals surface area contributed by atoms with Crippen LogP contribution in [0.1, 0.15) is 24.3 Å². The minimum atomic E-state index is 0.682. The van der Waals surface area contributed by atoms with Gasteiger partial charge in [0.15, 0.2) is 17.4 Å². The first-order valence-electron chi connectivity index (χ1n) is 8.16. The minimum Gasteiger partial charge on any atom is -0.368 e. The van der Waals surface area contributed by atoms with Gasteiger partial charge in [0.05, 0.1) is 5.56 Å². The number of hydrogen-bond acceptors (Lipinski definition) is 6. The summed E-state index contributed by atoms with van der Waals surface area (Å²) in [5, 5.41) is 11.0. The molecule has 0 fully saturated rings. The van der Waals surface area contributed by atoms with Crippen LogP contribution in [0, 0.1) is 0 Å². The van der Waals surface area contributed by atoms with Crippen molar-refractivity contribution in [1.29, 1.82) is 0 Å². The summed E-state index contributed by atoms with van der Waals surface area (Å²) in [7, 11) is 0. The van der Waals surface area contributed by atoms with E-state index in [9.17, 15) is 0 Å². The Balaban J connectivity index is 1.85. The summed E-state index contributed by atoms with van der Waals surface area (Å²) >= 11 is 3.49. The molecule has 0 bridgehead atoms. The number of benzene rings is 1. The fourth-order valence-electron chi connectivity index (χ4n) is 2.87. The fourth-order valence-corrected chi connectivity index (χ4v) is 3.14. The Morgan fingerprint density at radius 1 is 0.917 bits per heavy atom. The third-order valence-corrected chi connectivity index (χ3v) is 4.59. The molecule has 3 heterocycles. The van der Waals surface area contributed by atoms with Crippen LogP contribution in [0.4, 0.5) is 0 Å². The summed E-state index contributed by atoms with van der Waals surface area (Å²) in [5.41, 5.74) is 2.72. The zero-order valence-electron chi connectivity index (χ0n) is 13.2. The lowest BCUT2D eigenvalue weighted by Crippen LogP contribution is -2.32. The van der Waals surface area contributed by atoms with Gasteiger partial charge in [-0.15, -0.1) is 0 Å². The SMILES string of the molecule is Brc1ccc(-c2c(C3=NCCCN3)noc2C2=NCCCN2)cc1. The predicted molar refractivity (Wildman–Crippen MR) is 97.7 cm³/mol. The number of hydrogen-bond donors (Lipinski definition) is 2. The van der Waals surface area contributed by atoms with Gasteiger partial charge in [-0.05, 0) is 30.5 Å². The highest BCUT2D eigenvalue weighted by Crippen LogP contribution is 2.30. The first-order chi connectivity index (χ1) is 11.8. The topological polar surface area (TPSA) is 74.8 Å². The van der Waals surface area contributed by atoms with Crippen LogP contribution in [0.5, 0.6) is 0 Å². The van der Waals surface area contributed by atoms with Gasteiger partial charge in [0.1, 0.15) is 0 Å². The average molecular weight is 388 g/mol. The van der Waals surface area contributed by atoms with Crippen molar-refractivity contribution in [2.24, 2.45) is 9.98 Å². The average Bonchev–Trinajstić information content (AvgIpc) is 3.09. The van der Waals surface area contributed by atoms with Crippen molar-refractivity contribution in [3.63, 3.8) is 0 Å². The second-order valence-electron chi connectivity index (χ2n) is 5.76. The van der Waals surface area contributed by atoms with Crippen LogP contribution < -0.4 is 10.6 Å². The van der Waals surface area contributed by atoms with Crippen LogP contribution in [-0.4, -0.2) is 43.0 Å². The van der Waals surface area contributed by atoms with Crippen LogP contribution in [0.2, 0.25) is 0 Å². The van der Waals surface area contributed by atoms with E-state index in [1.165, 1.54) is 0 Å². The quantitative estimate of drug-likeness (QED) is 0.848. The van der Waals surface area contributed by atoms with E-state index in [0.29, 0.717) is 5.76 Å². The van der Waals surface area contributed by atoms with Gasteiger partial charge in [-0.2, -0.15) is 0 Å². The molecule has 0 unspecified atom stereocenters. The third kappa shape index (κ3) is 2.96. The van der Waals surface area contributed by atoms with E-state index in [1.807, 2.05) is 12.1 Å². The smallest absolute Gasteiger partial charge is 0.209 e. The summed E-state index contributed by atoms with van der Waals surface area (Å²) in [6.45, 7) is 3.41. The summed E-state index contributed by atoms with van der Waals surface area (Å²) in [6, 6.07) is 8.14. The fraction of sp³-hybridized carbons (Fsp3) is 0.353. The van der Waals surface area contributed by atoms with Crippen molar-refractivity contribution >= 4 is 27.6 Å². The maximum atomic E-state index is 5.70. The van der Waals surface area contributed by atoms with E-state index in [4.69, 9.17) is 4.52 Å². The zero-order valence-corrected chi connectivity index (χ0v) is 14.8. The van der Waals surface area contributed by atoms with Gasteiger partial charge in [-0.3, -0.25) is 9.98 Å². The molecule has 2 N–H and O–H groups in total. The van der Waals surface area contributed by atoms with Gasteiger partial charge in [-0.25, -0.2) is 0 Å². The number of rotatable bonds is 3. The molecule has 0 spiro atoms. The van der Waals surface area contributed by atoms with Crippen molar-refractivity contribution in [2.75, 3.05) is 26.2 Å². The number of aromatic nitrogens is 1. The Labute approximate surface area is 148 Å². The van der Waals surface area contributed by atoms with E-state index in [-0.39, 0.29) is 0 Å². The number of nitrogens with one attached hydrogen (secondary N) is 2. The largest absolute Gasteiger partial charge is 0.368 e. The molecule has 0 radical (unpaired) electrons. The normalized spacial score (nSPS) is 17.5. The molecule has 4 rings (SSSR count). The van der Waals surface area contributed by atoms with Crippen LogP contribution in [-0.2, 0) is 0 Å². The minimum absolute atomic E-state index is 0.682. The summed E-state index contributed by atoms with van der Waals surface area (Å²) in [4.78, 5) is 9.14. The highest BCUT2D eigenvalue weighted by molar-refractivity contribution is 9.10. The lowest BCUT2D eigenvalue weighted by atomic mass is 10.0. The Bertz CT molecular complexity index is 750. The van der Waals surface area contributed by atoms with Gasteiger partial charge >= 0.3 is 0 Å². The molecule has 1 aromatic heterocycles. The second-order valence-corrected chi connectivity index (χ2v) is 6.68. The molecule has 2 aromatic rings. The third-order valence-electron chi connectivity index (χ3n) is 4.06. The lowest BCUT2D eigenvalue weighted by molar-refractivity contribution is 0.409. The standard InChI is InChI=1S/C17H18BrN5O/c18-12-5-3-11(4-6-12)13-14(16-19-7-1-8-20-16)23-24-15(13)17-21-9-2-10-22-17/h3-6H,1-2,7-10H2,(H,19,20)(H,21,22). The molecular formula is C17H18BrN5O. The van der Waals surface area contributed by atoms with Crippen LogP contribution >= 0.6 is 15.9 Å². The van der Waals surface area contributed by atoms with E-state index < -0.39 is 0 Å². The molecule has 124 valence electrons. The molecule has 0 atom stereocenters. The van der Waals surface area contributed by atoms with Crippen LogP contribution in [0.15, 0.2) is 43.2 Å². The van der Waals surface area contributed by atoms with Gasteiger partial charge in [0, 0.05) is 30.7 Å². The first-order valence-corrected chi connectivity index (χ1v) is 8.95. The summed E-state index contributed by atoms with van der Waals surface area (Å²) < 4.78 is 6.73. The van der Waals surface area contributed by atoms with Gasteiger partial charge in [-0.1, -0.05) is 33.2 Å². The highest BCUT2D eigenvalue weighted by atomic mass is 79.9.